The molecule has 0 bridgehead atoms. The van der Waals surface area contributed by atoms with Crippen molar-refractivity contribution in [3.8, 4) is 0 Å². The van der Waals surface area contributed by atoms with Gasteiger partial charge in [0, 0.05) is 6.04 Å². The fourth-order valence-electron chi connectivity index (χ4n) is 2.55. The lowest BCUT2D eigenvalue weighted by atomic mass is 9.56. The van der Waals surface area contributed by atoms with Crippen molar-refractivity contribution in [2.75, 3.05) is 0 Å². The van der Waals surface area contributed by atoms with Gasteiger partial charge >= 0.3 is 6.18 Å². The molecule has 2 rings (SSSR count). The summed E-state index contributed by atoms with van der Waals surface area (Å²) in [5.74, 6) is -0.102. The van der Waals surface area contributed by atoms with Crippen molar-refractivity contribution in [1.82, 2.24) is 0 Å². The van der Waals surface area contributed by atoms with Gasteiger partial charge in [-0.1, -0.05) is 32.0 Å². The summed E-state index contributed by atoms with van der Waals surface area (Å²) in [5, 5.41) is 0. The minimum atomic E-state index is -4.29. The molecule has 2 N–H and O–H groups in total. The van der Waals surface area contributed by atoms with Gasteiger partial charge in [0.1, 0.15) is 0 Å². The smallest absolute Gasteiger partial charge is 0.327 e. The lowest BCUT2D eigenvalue weighted by Gasteiger charge is -2.51. The number of rotatable bonds is 1. The predicted octanol–water partition coefficient (Wildman–Crippen LogP) is 3.55. The zero-order chi connectivity index (χ0) is 12.8. The lowest BCUT2D eigenvalue weighted by Crippen LogP contribution is -2.53. The van der Waals surface area contributed by atoms with Gasteiger partial charge in [-0.15, -0.1) is 0 Å². The Labute approximate surface area is 98.8 Å². The standard InChI is InChI=1S/C13H16F3N/c1-12(2)10(7-11(12)17)8-5-3-4-6-9(8)13(14,15)16/h3-6,10-11H,7,17H2,1-2H3. The van der Waals surface area contributed by atoms with Gasteiger partial charge in [-0.05, 0) is 29.4 Å². The van der Waals surface area contributed by atoms with Crippen molar-refractivity contribution in [2.24, 2.45) is 11.1 Å². The van der Waals surface area contributed by atoms with E-state index in [0.29, 0.717) is 12.0 Å². The largest absolute Gasteiger partial charge is 0.416 e. The van der Waals surface area contributed by atoms with Crippen molar-refractivity contribution in [3.63, 3.8) is 0 Å². The molecule has 0 saturated heterocycles. The lowest BCUT2D eigenvalue weighted by molar-refractivity contribution is -0.139. The van der Waals surface area contributed by atoms with E-state index in [1.54, 1.807) is 12.1 Å². The van der Waals surface area contributed by atoms with Crippen LogP contribution in [0.5, 0.6) is 0 Å². The summed E-state index contributed by atoms with van der Waals surface area (Å²) in [7, 11) is 0. The first-order valence-electron chi connectivity index (χ1n) is 5.66. The first-order chi connectivity index (χ1) is 7.74. The zero-order valence-corrected chi connectivity index (χ0v) is 9.88. The van der Waals surface area contributed by atoms with Crippen LogP contribution in [0.2, 0.25) is 0 Å². The van der Waals surface area contributed by atoms with Crippen molar-refractivity contribution in [3.05, 3.63) is 35.4 Å². The number of nitrogens with two attached hydrogens (primary N) is 1. The molecule has 1 nitrogen and oxygen atoms in total. The molecule has 0 aliphatic heterocycles. The molecule has 0 radical (unpaired) electrons. The molecule has 2 unspecified atom stereocenters. The highest BCUT2D eigenvalue weighted by Gasteiger charge is 2.49. The molecule has 0 heterocycles. The normalized spacial score (nSPS) is 27.6. The first-order valence-corrected chi connectivity index (χ1v) is 5.66. The monoisotopic (exact) mass is 243 g/mol. The SMILES string of the molecule is CC1(C)C(N)CC1c1ccccc1C(F)(F)F. The van der Waals surface area contributed by atoms with Crippen molar-refractivity contribution in [2.45, 2.75) is 38.4 Å². The third-order valence-electron chi connectivity index (χ3n) is 3.99. The molecule has 0 spiro atoms. The second-order valence-electron chi connectivity index (χ2n) is 5.30. The molecule has 0 amide bonds. The predicted molar refractivity (Wildman–Crippen MR) is 60.6 cm³/mol. The molecule has 2 atom stereocenters. The van der Waals surface area contributed by atoms with Crippen LogP contribution in [0.3, 0.4) is 0 Å². The van der Waals surface area contributed by atoms with Crippen LogP contribution in [0.15, 0.2) is 24.3 Å². The van der Waals surface area contributed by atoms with Crippen molar-refractivity contribution < 1.29 is 13.2 Å². The van der Waals surface area contributed by atoms with Crippen LogP contribution in [0.4, 0.5) is 13.2 Å². The van der Waals surface area contributed by atoms with Gasteiger partial charge in [-0.3, -0.25) is 0 Å². The Bertz CT molecular complexity index is 423. The second-order valence-corrected chi connectivity index (χ2v) is 5.30. The van der Waals surface area contributed by atoms with Gasteiger partial charge in [-0.25, -0.2) is 0 Å². The van der Waals surface area contributed by atoms with E-state index >= 15 is 0 Å². The molecule has 94 valence electrons. The van der Waals surface area contributed by atoms with E-state index in [1.807, 2.05) is 13.8 Å². The first kappa shape index (κ1) is 12.4. The Morgan fingerprint density at radius 1 is 1.24 bits per heavy atom. The highest BCUT2D eigenvalue weighted by molar-refractivity contribution is 5.36. The average Bonchev–Trinajstić information content (AvgIpc) is 2.24. The number of hydrogen-bond donors (Lipinski definition) is 1. The minimum Gasteiger partial charge on any atom is -0.327 e. The molecule has 1 saturated carbocycles. The number of halogens is 3. The van der Waals surface area contributed by atoms with E-state index in [4.69, 9.17) is 5.73 Å². The summed E-state index contributed by atoms with van der Waals surface area (Å²) in [4.78, 5) is 0. The molecule has 1 fully saturated rings. The van der Waals surface area contributed by atoms with E-state index in [1.165, 1.54) is 6.07 Å². The van der Waals surface area contributed by atoms with Crippen LogP contribution in [-0.4, -0.2) is 6.04 Å². The number of alkyl halides is 3. The topological polar surface area (TPSA) is 26.0 Å². The maximum Gasteiger partial charge on any atom is 0.416 e. The average molecular weight is 243 g/mol. The number of hydrogen-bond acceptors (Lipinski definition) is 1. The molecular formula is C13H16F3N. The van der Waals surface area contributed by atoms with E-state index in [9.17, 15) is 13.2 Å². The molecule has 0 aromatic heterocycles. The molecule has 1 aliphatic rings. The zero-order valence-electron chi connectivity index (χ0n) is 9.88. The van der Waals surface area contributed by atoms with Crippen molar-refractivity contribution in [1.29, 1.82) is 0 Å². The summed E-state index contributed by atoms with van der Waals surface area (Å²) in [6.45, 7) is 3.86. The molecule has 1 aromatic carbocycles. The summed E-state index contributed by atoms with van der Waals surface area (Å²) in [6.07, 6.45) is -3.66. The van der Waals surface area contributed by atoms with Crippen LogP contribution < -0.4 is 5.73 Å². The maximum absolute atomic E-state index is 12.9. The highest BCUT2D eigenvalue weighted by atomic mass is 19.4. The molecule has 4 heteroatoms. The molecule has 1 aromatic rings. The molecular weight excluding hydrogens is 227 g/mol. The maximum atomic E-state index is 12.9. The van der Waals surface area contributed by atoms with Gasteiger partial charge in [0.05, 0.1) is 5.56 Å². The summed E-state index contributed by atoms with van der Waals surface area (Å²) in [5.41, 5.74) is 5.46. The van der Waals surface area contributed by atoms with Crippen molar-refractivity contribution >= 4 is 0 Å². The van der Waals surface area contributed by atoms with Gasteiger partial charge in [0.15, 0.2) is 0 Å². The molecule has 1 aliphatic carbocycles. The van der Waals surface area contributed by atoms with Crippen LogP contribution in [0.25, 0.3) is 0 Å². The van der Waals surface area contributed by atoms with Crippen LogP contribution in [-0.2, 0) is 6.18 Å². The van der Waals surface area contributed by atoms with Gasteiger partial charge in [0.2, 0.25) is 0 Å². The Morgan fingerprint density at radius 3 is 2.29 bits per heavy atom. The second kappa shape index (κ2) is 3.73. The van der Waals surface area contributed by atoms with E-state index in [2.05, 4.69) is 0 Å². The van der Waals surface area contributed by atoms with Crippen LogP contribution in [0.1, 0.15) is 37.3 Å². The van der Waals surface area contributed by atoms with Crippen LogP contribution >= 0.6 is 0 Å². The Hall–Kier alpha value is -1.03. The fourth-order valence-corrected chi connectivity index (χ4v) is 2.55. The van der Waals surface area contributed by atoms with Gasteiger partial charge in [-0.2, -0.15) is 13.2 Å². The Morgan fingerprint density at radius 2 is 1.82 bits per heavy atom. The Kier molecular flexibility index (Phi) is 2.73. The van der Waals surface area contributed by atoms with E-state index < -0.39 is 11.7 Å². The van der Waals surface area contributed by atoms with Gasteiger partial charge < -0.3 is 5.73 Å². The van der Waals surface area contributed by atoms with E-state index in [-0.39, 0.29) is 17.4 Å². The number of benzene rings is 1. The summed E-state index contributed by atoms with van der Waals surface area (Å²) >= 11 is 0. The summed E-state index contributed by atoms with van der Waals surface area (Å²) in [6, 6.07) is 5.78. The highest BCUT2D eigenvalue weighted by Crippen LogP contribution is 2.53. The Balaban J connectivity index is 2.41. The third kappa shape index (κ3) is 1.95. The van der Waals surface area contributed by atoms with Gasteiger partial charge in [0.25, 0.3) is 0 Å². The van der Waals surface area contributed by atoms with E-state index in [0.717, 1.165) is 6.07 Å². The fraction of sp³-hybridized carbons (Fsp3) is 0.538. The minimum absolute atomic E-state index is 0.0196. The quantitative estimate of drug-likeness (QED) is 0.802. The third-order valence-corrected chi connectivity index (χ3v) is 3.99. The molecule has 17 heavy (non-hydrogen) atoms. The van der Waals surface area contributed by atoms with Crippen LogP contribution in [0, 0.1) is 5.41 Å². The summed E-state index contributed by atoms with van der Waals surface area (Å²) < 4.78 is 38.7.